The molecule has 1 N–H and O–H groups in total. The molecule has 0 bridgehead atoms. The topological polar surface area (TPSA) is 150 Å². The van der Waals surface area contributed by atoms with Crippen molar-refractivity contribution in [1.29, 1.82) is 5.26 Å². The fraction of sp³-hybridized carbons (Fsp3) is 0.568. The van der Waals surface area contributed by atoms with Crippen LogP contribution in [0.3, 0.4) is 0 Å². The highest BCUT2D eigenvalue weighted by molar-refractivity contribution is 5.67. The SMILES string of the molecule is COCC(C)(C)COc1nn(C2CCC(N3C[C@@H](C)O[C@@H](C)C3)CC2)cc1Nc1ncc(-c2ccc(C#N)c(OC(C)Cn3cncn3)c2)cn1. The van der Waals surface area contributed by atoms with Gasteiger partial charge in [-0.2, -0.15) is 10.4 Å². The van der Waals surface area contributed by atoms with E-state index in [0.29, 0.717) is 54.6 Å². The molecule has 2 fully saturated rings. The molecule has 51 heavy (non-hydrogen) atoms. The molecule has 14 heteroatoms. The molecule has 1 saturated heterocycles. The monoisotopic (exact) mass is 698 g/mol. The van der Waals surface area contributed by atoms with Gasteiger partial charge in [0, 0.05) is 49.6 Å². The number of ether oxygens (including phenoxy) is 4. The average Bonchev–Trinajstić information content (AvgIpc) is 3.77. The Morgan fingerprint density at radius 2 is 1.76 bits per heavy atom. The summed E-state index contributed by atoms with van der Waals surface area (Å²) in [6, 6.07) is 8.52. The van der Waals surface area contributed by atoms with Crippen molar-refractivity contribution in [3.8, 4) is 28.8 Å². The Morgan fingerprint density at radius 1 is 1.04 bits per heavy atom. The zero-order valence-electron chi connectivity index (χ0n) is 30.5. The second-order valence-corrected chi connectivity index (χ2v) is 14.7. The maximum Gasteiger partial charge on any atom is 0.256 e. The smallest absolute Gasteiger partial charge is 0.256 e. The average molecular weight is 699 g/mol. The molecule has 1 aliphatic heterocycles. The number of benzene rings is 1. The van der Waals surface area contributed by atoms with E-state index in [0.717, 1.165) is 49.9 Å². The molecule has 1 saturated carbocycles. The first-order chi connectivity index (χ1) is 24.6. The van der Waals surface area contributed by atoms with E-state index in [1.807, 2.05) is 25.3 Å². The Morgan fingerprint density at radius 3 is 2.43 bits per heavy atom. The predicted octanol–water partition coefficient (Wildman–Crippen LogP) is 5.66. The van der Waals surface area contributed by atoms with Crippen molar-refractivity contribution in [2.45, 2.75) is 97.2 Å². The third-order valence-corrected chi connectivity index (χ3v) is 9.41. The van der Waals surface area contributed by atoms with Crippen LogP contribution in [-0.4, -0.2) is 97.2 Å². The van der Waals surface area contributed by atoms with Gasteiger partial charge >= 0.3 is 0 Å². The summed E-state index contributed by atoms with van der Waals surface area (Å²) in [5, 5.41) is 22.2. The number of rotatable bonds is 14. The molecule has 272 valence electrons. The predicted molar refractivity (Wildman–Crippen MR) is 192 cm³/mol. The van der Waals surface area contributed by atoms with Gasteiger partial charge in [0.05, 0.1) is 49.8 Å². The summed E-state index contributed by atoms with van der Waals surface area (Å²) in [5.74, 6) is 1.42. The van der Waals surface area contributed by atoms with Crippen LogP contribution in [0.15, 0.2) is 49.4 Å². The number of aromatic nitrogens is 7. The summed E-state index contributed by atoms with van der Waals surface area (Å²) in [6.07, 6.45) is 13.3. The van der Waals surface area contributed by atoms with E-state index in [9.17, 15) is 5.26 Å². The minimum Gasteiger partial charge on any atom is -0.487 e. The van der Waals surface area contributed by atoms with Crippen LogP contribution in [0.5, 0.6) is 11.6 Å². The lowest BCUT2D eigenvalue weighted by molar-refractivity contribution is -0.0852. The summed E-state index contributed by atoms with van der Waals surface area (Å²) < 4.78 is 27.6. The fourth-order valence-electron chi connectivity index (χ4n) is 7.05. The van der Waals surface area contributed by atoms with Gasteiger partial charge in [0.25, 0.3) is 5.88 Å². The number of nitrogens with zero attached hydrogens (tertiary/aromatic N) is 9. The molecule has 4 aromatic rings. The van der Waals surface area contributed by atoms with E-state index in [1.54, 1.807) is 36.6 Å². The van der Waals surface area contributed by atoms with E-state index < -0.39 is 0 Å². The van der Waals surface area contributed by atoms with Gasteiger partial charge in [-0.15, -0.1) is 5.10 Å². The third kappa shape index (κ3) is 9.40. The molecule has 0 radical (unpaired) electrons. The maximum atomic E-state index is 9.71. The molecule has 4 heterocycles. The third-order valence-electron chi connectivity index (χ3n) is 9.41. The van der Waals surface area contributed by atoms with Crippen LogP contribution in [0.2, 0.25) is 0 Å². The van der Waals surface area contributed by atoms with E-state index in [2.05, 4.69) is 68.7 Å². The first-order valence-corrected chi connectivity index (χ1v) is 17.8. The van der Waals surface area contributed by atoms with Crippen LogP contribution in [0.1, 0.15) is 71.9 Å². The largest absolute Gasteiger partial charge is 0.487 e. The maximum absolute atomic E-state index is 9.71. The molecular weight excluding hydrogens is 648 g/mol. The Bertz CT molecular complexity index is 1740. The van der Waals surface area contributed by atoms with Crippen molar-refractivity contribution in [2.24, 2.45) is 5.41 Å². The fourth-order valence-corrected chi connectivity index (χ4v) is 7.05. The molecule has 0 amide bonds. The van der Waals surface area contributed by atoms with Crippen molar-refractivity contribution in [3.63, 3.8) is 0 Å². The molecular formula is C37H50N10O4. The number of nitriles is 1. The van der Waals surface area contributed by atoms with Gasteiger partial charge in [0.1, 0.15) is 36.3 Å². The second kappa shape index (κ2) is 16.2. The van der Waals surface area contributed by atoms with Crippen molar-refractivity contribution >= 4 is 11.6 Å². The molecule has 14 nitrogen and oxygen atoms in total. The Labute approximate surface area is 300 Å². The summed E-state index contributed by atoms with van der Waals surface area (Å²) in [7, 11) is 1.70. The van der Waals surface area contributed by atoms with Gasteiger partial charge in [-0.05, 0) is 64.2 Å². The van der Waals surface area contributed by atoms with Gasteiger partial charge < -0.3 is 24.3 Å². The molecule has 6 rings (SSSR count). The number of anilines is 2. The Kier molecular flexibility index (Phi) is 11.5. The van der Waals surface area contributed by atoms with Gasteiger partial charge in [-0.1, -0.05) is 19.9 Å². The second-order valence-electron chi connectivity index (χ2n) is 14.7. The molecule has 3 atom stereocenters. The van der Waals surface area contributed by atoms with Gasteiger partial charge in [0.15, 0.2) is 0 Å². The minimum atomic E-state index is -0.235. The zero-order valence-corrected chi connectivity index (χ0v) is 30.5. The van der Waals surface area contributed by atoms with Crippen LogP contribution < -0.4 is 14.8 Å². The zero-order chi connectivity index (χ0) is 36.0. The van der Waals surface area contributed by atoms with E-state index in [4.69, 9.17) is 24.0 Å². The number of hydrogen-bond donors (Lipinski definition) is 1. The van der Waals surface area contributed by atoms with Crippen LogP contribution in [-0.2, 0) is 16.0 Å². The molecule has 1 aliphatic carbocycles. The van der Waals surface area contributed by atoms with Crippen molar-refractivity contribution in [2.75, 3.05) is 38.7 Å². The van der Waals surface area contributed by atoms with Gasteiger partial charge in [-0.3, -0.25) is 9.58 Å². The highest BCUT2D eigenvalue weighted by Gasteiger charge is 2.32. The molecule has 2 aliphatic rings. The van der Waals surface area contributed by atoms with E-state index in [-0.39, 0.29) is 29.8 Å². The number of nitrogens with one attached hydrogen (secondary N) is 1. The van der Waals surface area contributed by atoms with Gasteiger partial charge in [0.2, 0.25) is 5.95 Å². The summed E-state index contributed by atoms with van der Waals surface area (Å²) >= 11 is 0. The van der Waals surface area contributed by atoms with Crippen LogP contribution in [0.25, 0.3) is 11.1 Å². The van der Waals surface area contributed by atoms with E-state index >= 15 is 0 Å². The summed E-state index contributed by atoms with van der Waals surface area (Å²) in [6.45, 7) is 14.0. The summed E-state index contributed by atoms with van der Waals surface area (Å²) in [5.41, 5.74) is 2.58. The first-order valence-electron chi connectivity index (χ1n) is 17.8. The van der Waals surface area contributed by atoms with Crippen molar-refractivity contribution in [1.82, 2.24) is 39.4 Å². The number of methoxy groups -OCH3 is 1. The Balaban J connectivity index is 1.15. The number of morpholine rings is 1. The van der Waals surface area contributed by atoms with Crippen LogP contribution in [0, 0.1) is 16.7 Å². The number of hydrogen-bond acceptors (Lipinski definition) is 12. The lowest BCUT2D eigenvalue weighted by atomic mass is 9.89. The standard InChI is InChI=1S/C37H50N10O4/c1-25-17-45(18-26(2)50-25)31-9-11-32(12-10-31)47-20-33(35(44-47)49-22-37(4,5)21-48-6)43-36-40-15-30(16-41-36)28-7-8-29(14-38)34(13-28)51-27(3)19-46-24-39-23-42-46/h7-8,13,15-16,20,23-27,31-32H,9-12,17-19,21-22H2,1-6H3,(H,40,41,43)/t25-,26+,27?,31?,32?. The lowest BCUT2D eigenvalue weighted by Gasteiger charge is -2.42. The van der Waals surface area contributed by atoms with Crippen molar-refractivity contribution in [3.05, 3.63) is 55.0 Å². The normalized spacial score (nSPS) is 21.9. The van der Waals surface area contributed by atoms with E-state index in [1.165, 1.54) is 6.33 Å². The highest BCUT2D eigenvalue weighted by Crippen LogP contribution is 2.36. The lowest BCUT2D eigenvalue weighted by Crippen LogP contribution is -2.51. The van der Waals surface area contributed by atoms with Crippen molar-refractivity contribution < 1.29 is 18.9 Å². The van der Waals surface area contributed by atoms with Crippen LogP contribution in [0.4, 0.5) is 11.6 Å². The molecule has 0 spiro atoms. The van der Waals surface area contributed by atoms with Gasteiger partial charge in [-0.25, -0.2) is 19.6 Å². The highest BCUT2D eigenvalue weighted by atomic mass is 16.5. The van der Waals surface area contributed by atoms with Crippen LogP contribution >= 0.6 is 0 Å². The molecule has 1 unspecified atom stereocenters. The first kappa shape index (κ1) is 36.2. The molecule has 1 aromatic carbocycles. The Hall–Kier alpha value is -4.58. The summed E-state index contributed by atoms with van der Waals surface area (Å²) in [4.78, 5) is 15.9. The molecule has 3 aromatic heterocycles. The quantitative estimate of drug-likeness (QED) is 0.173. The minimum absolute atomic E-state index is 0.198.